The van der Waals surface area contributed by atoms with Gasteiger partial charge in [-0.25, -0.2) is 0 Å². The molecule has 0 radical (unpaired) electrons. The number of hydrogen-bond acceptors (Lipinski definition) is 3. The minimum atomic E-state index is 0.182. The van der Waals surface area contributed by atoms with E-state index in [0.29, 0.717) is 5.92 Å². The largest absolute Gasteiger partial charge is 0.394 e. The van der Waals surface area contributed by atoms with Crippen LogP contribution in [-0.2, 0) is 0 Å². The molecule has 15 heavy (non-hydrogen) atoms. The van der Waals surface area contributed by atoms with Crippen LogP contribution in [0.1, 0.15) is 46.0 Å². The summed E-state index contributed by atoms with van der Waals surface area (Å²) in [6.07, 6.45) is 5.78. The van der Waals surface area contributed by atoms with E-state index in [4.69, 9.17) is 0 Å². The molecule has 1 heterocycles. The number of nitrogens with one attached hydrogen (secondary N) is 1. The number of amidine groups is 1. The van der Waals surface area contributed by atoms with E-state index in [9.17, 15) is 5.11 Å². The lowest BCUT2D eigenvalue weighted by atomic mass is 10.0. The zero-order valence-electron chi connectivity index (χ0n) is 10.00. The second-order valence-corrected chi connectivity index (χ2v) is 4.79. The molecule has 0 saturated heterocycles. The first-order valence-electron chi connectivity index (χ1n) is 6.13. The molecule has 0 spiro atoms. The van der Waals surface area contributed by atoms with Crippen LogP contribution in [0.4, 0.5) is 0 Å². The van der Waals surface area contributed by atoms with Gasteiger partial charge in [0, 0.05) is 13.0 Å². The highest BCUT2D eigenvalue weighted by molar-refractivity contribution is 5.82. The molecule has 3 heteroatoms. The molecule has 3 nitrogen and oxygen atoms in total. The Morgan fingerprint density at radius 2 is 2.13 bits per heavy atom. The maximum absolute atomic E-state index is 9.26. The maximum Gasteiger partial charge on any atom is 0.0965 e. The molecule has 0 aliphatic carbocycles. The van der Waals surface area contributed by atoms with Crippen LogP contribution in [-0.4, -0.2) is 30.1 Å². The molecule has 1 rings (SSSR count). The van der Waals surface area contributed by atoms with E-state index in [1.807, 2.05) is 0 Å². The molecule has 0 bridgehead atoms. The molecule has 88 valence electrons. The van der Waals surface area contributed by atoms with E-state index >= 15 is 0 Å². The van der Waals surface area contributed by atoms with Crippen LogP contribution in [0.3, 0.4) is 0 Å². The Kier molecular flexibility index (Phi) is 5.69. The van der Waals surface area contributed by atoms with E-state index in [2.05, 4.69) is 24.2 Å². The smallest absolute Gasteiger partial charge is 0.0965 e. The number of nitrogens with zero attached hydrogens (tertiary/aromatic N) is 1. The predicted octanol–water partition coefficient (Wildman–Crippen LogP) is 1.96. The fraction of sp³-hybridized carbons (Fsp3) is 0.917. The summed E-state index contributed by atoms with van der Waals surface area (Å²) >= 11 is 0. The molecule has 1 aliphatic heterocycles. The van der Waals surface area contributed by atoms with Crippen molar-refractivity contribution in [3.8, 4) is 0 Å². The molecule has 1 unspecified atom stereocenters. The van der Waals surface area contributed by atoms with Gasteiger partial charge in [-0.05, 0) is 25.2 Å². The third-order valence-electron chi connectivity index (χ3n) is 2.72. The van der Waals surface area contributed by atoms with E-state index in [0.717, 1.165) is 25.2 Å². The van der Waals surface area contributed by atoms with Crippen molar-refractivity contribution >= 4 is 5.84 Å². The number of hydrogen-bond donors (Lipinski definition) is 2. The average molecular weight is 212 g/mol. The van der Waals surface area contributed by atoms with Crippen molar-refractivity contribution < 1.29 is 5.11 Å². The number of aliphatic hydroxyl groups is 1. The molecule has 0 aromatic carbocycles. The highest BCUT2D eigenvalue weighted by Gasteiger charge is 2.12. The lowest BCUT2D eigenvalue weighted by molar-refractivity contribution is 0.238. The summed E-state index contributed by atoms with van der Waals surface area (Å²) in [5.41, 5.74) is 0. The van der Waals surface area contributed by atoms with Gasteiger partial charge in [0.25, 0.3) is 0 Å². The molecule has 0 aromatic rings. The standard InChI is InChI=1S/C12H24N2O/c1-10(2)8-11(9-15)14-12-6-4-3-5-7-13-12/h10-11,15H,3-9H2,1-2H3,(H,13,14). The Morgan fingerprint density at radius 3 is 2.80 bits per heavy atom. The Labute approximate surface area is 93.0 Å². The first kappa shape index (κ1) is 12.5. The van der Waals surface area contributed by atoms with Gasteiger partial charge in [-0.15, -0.1) is 0 Å². The topological polar surface area (TPSA) is 44.6 Å². The minimum Gasteiger partial charge on any atom is -0.394 e. The third-order valence-corrected chi connectivity index (χ3v) is 2.72. The maximum atomic E-state index is 9.26. The SMILES string of the molecule is CC(C)CC(CO)NC1=NCCCCC1. The van der Waals surface area contributed by atoms with Crippen LogP contribution < -0.4 is 5.32 Å². The summed E-state index contributed by atoms with van der Waals surface area (Å²) in [4.78, 5) is 4.51. The Balaban J connectivity index is 2.38. The van der Waals surface area contributed by atoms with Crippen molar-refractivity contribution in [3.63, 3.8) is 0 Å². The molecule has 1 aliphatic rings. The van der Waals surface area contributed by atoms with Crippen molar-refractivity contribution in [1.29, 1.82) is 0 Å². The fourth-order valence-electron chi connectivity index (χ4n) is 1.98. The molecule has 0 saturated carbocycles. The summed E-state index contributed by atoms with van der Waals surface area (Å²) in [5.74, 6) is 1.72. The molecular formula is C12H24N2O. The fourth-order valence-corrected chi connectivity index (χ4v) is 1.98. The van der Waals surface area contributed by atoms with Gasteiger partial charge >= 0.3 is 0 Å². The second kappa shape index (κ2) is 6.83. The lowest BCUT2D eigenvalue weighted by Gasteiger charge is -2.20. The first-order valence-corrected chi connectivity index (χ1v) is 6.13. The summed E-state index contributed by atoms with van der Waals surface area (Å²) in [5, 5.41) is 12.6. The highest BCUT2D eigenvalue weighted by atomic mass is 16.3. The molecular weight excluding hydrogens is 188 g/mol. The van der Waals surface area contributed by atoms with Gasteiger partial charge in [0.1, 0.15) is 0 Å². The number of aliphatic imine (C=N–C) groups is 1. The van der Waals surface area contributed by atoms with Crippen molar-refractivity contribution in [2.45, 2.75) is 52.0 Å². The van der Waals surface area contributed by atoms with E-state index in [1.54, 1.807) is 0 Å². The van der Waals surface area contributed by atoms with Crippen LogP contribution in [0.15, 0.2) is 4.99 Å². The zero-order chi connectivity index (χ0) is 11.1. The Morgan fingerprint density at radius 1 is 1.33 bits per heavy atom. The van der Waals surface area contributed by atoms with Crippen molar-refractivity contribution in [3.05, 3.63) is 0 Å². The minimum absolute atomic E-state index is 0.182. The molecule has 0 aromatic heterocycles. The first-order chi connectivity index (χ1) is 7.22. The van der Waals surface area contributed by atoms with Crippen LogP contribution in [0, 0.1) is 5.92 Å². The van der Waals surface area contributed by atoms with Crippen LogP contribution in [0.5, 0.6) is 0 Å². The van der Waals surface area contributed by atoms with Gasteiger partial charge in [-0.3, -0.25) is 4.99 Å². The summed E-state index contributed by atoms with van der Waals surface area (Å²) in [6, 6.07) is 0.182. The number of rotatable bonds is 4. The summed E-state index contributed by atoms with van der Waals surface area (Å²) in [6.45, 7) is 5.51. The quantitative estimate of drug-likeness (QED) is 0.748. The van der Waals surface area contributed by atoms with Crippen LogP contribution in [0.25, 0.3) is 0 Å². The molecule has 0 fully saturated rings. The van der Waals surface area contributed by atoms with Crippen molar-refractivity contribution in [2.75, 3.05) is 13.2 Å². The van der Waals surface area contributed by atoms with E-state index < -0.39 is 0 Å². The average Bonchev–Trinajstić information content (AvgIpc) is 2.44. The lowest BCUT2D eigenvalue weighted by Crippen LogP contribution is -2.38. The van der Waals surface area contributed by atoms with Gasteiger partial charge in [-0.1, -0.05) is 20.3 Å². The van der Waals surface area contributed by atoms with E-state index in [-0.39, 0.29) is 12.6 Å². The van der Waals surface area contributed by atoms with Crippen LogP contribution in [0.2, 0.25) is 0 Å². The normalized spacial score (nSPS) is 19.6. The number of aliphatic hydroxyl groups excluding tert-OH is 1. The zero-order valence-corrected chi connectivity index (χ0v) is 10.00. The van der Waals surface area contributed by atoms with Gasteiger partial charge in [0.2, 0.25) is 0 Å². The van der Waals surface area contributed by atoms with Crippen LogP contribution >= 0.6 is 0 Å². The Hall–Kier alpha value is -0.570. The molecule has 1 atom stereocenters. The predicted molar refractivity (Wildman–Crippen MR) is 64.2 cm³/mol. The Bertz CT molecular complexity index is 202. The summed E-state index contributed by atoms with van der Waals surface area (Å²) in [7, 11) is 0. The van der Waals surface area contributed by atoms with Gasteiger partial charge in [0.05, 0.1) is 18.5 Å². The molecule has 2 N–H and O–H groups in total. The van der Waals surface area contributed by atoms with Crippen molar-refractivity contribution in [2.24, 2.45) is 10.9 Å². The van der Waals surface area contributed by atoms with Gasteiger partial charge < -0.3 is 10.4 Å². The second-order valence-electron chi connectivity index (χ2n) is 4.79. The monoisotopic (exact) mass is 212 g/mol. The summed E-state index contributed by atoms with van der Waals surface area (Å²) < 4.78 is 0. The molecule has 0 amide bonds. The van der Waals surface area contributed by atoms with Gasteiger partial charge in [0.15, 0.2) is 0 Å². The van der Waals surface area contributed by atoms with Gasteiger partial charge in [-0.2, -0.15) is 0 Å². The van der Waals surface area contributed by atoms with E-state index in [1.165, 1.54) is 19.3 Å². The highest BCUT2D eigenvalue weighted by Crippen LogP contribution is 2.09. The third kappa shape index (κ3) is 5.17. The van der Waals surface area contributed by atoms with Crippen molar-refractivity contribution in [1.82, 2.24) is 5.32 Å².